The van der Waals surface area contributed by atoms with Crippen molar-refractivity contribution in [3.63, 3.8) is 0 Å². The molecule has 66 heavy (non-hydrogen) atoms. The molecule has 0 aromatic heterocycles. The number of aliphatic hydroxyl groups is 3. The maximum Gasteiger partial charge on any atom is 0.305 e. The Hall–Kier alpha value is -2.49. The molecule has 0 aliphatic heterocycles. The van der Waals surface area contributed by atoms with Crippen molar-refractivity contribution < 1.29 is 48.4 Å². The summed E-state index contributed by atoms with van der Waals surface area (Å²) in [4.78, 5) is 47.4. The molecule has 12 heteroatoms. The second-order valence-corrected chi connectivity index (χ2v) is 30.3. The topological polar surface area (TPSA) is 157 Å². The minimum absolute atomic E-state index is 0.0211. The van der Waals surface area contributed by atoms with Gasteiger partial charge in [-0.3, -0.25) is 19.2 Å². The first kappa shape index (κ1) is 63.5. The van der Waals surface area contributed by atoms with E-state index in [4.69, 9.17) is 4.43 Å². The highest BCUT2D eigenvalue weighted by atomic mass is 28.4. The summed E-state index contributed by atoms with van der Waals surface area (Å²) < 4.78 is 16.0. The van der Waals surface area contributed by atoms with E-state index >= 15 is 0 Å². The number of aliphatic hydroxyl groups excluding tert-OH is 3. The van der Waals surface area contributed by atoms with Gasteiger partial charge in [0.15, 0.2) is 8.32 Å². The first-order chi connectivity index (χ1) is 30.9. The average Bonchev–Trinajstić information content (AvgIpc) is 3.68. The fourth-order valence-electron chi connectivity index (χ4n) is 7.28. The first-order valence-corrected chi connectivity index (χ1v) is 31.2. The summed E-state index contributed by atoms with van der Waals surface area (Å²) >= 11 is 0. The van der Waals surface area contributed by atoms with Gasteiger partial charge in [0, 0.05) is 58.2 Å². The van der Waals surface area contributed by atoms with Crippen molar-refractivity contribution in [3.8, 4) is 0 Å². The van der Waals surface area contributed by atoms with E-state index in [1.165, 1.54) is 14.2 Å². The van der Waals surface area contributed by atoms with Crippen molar-refractivity contribution in [1.82, 2.24) is 0 Å². The Kier molecular flexibility index (Phi) is 32.6. The molecule has 2 saturated carbocycles. The molecule has 0 spiro atoms. The molecule has 3 N–H and O–H groups in total. The molecule has 0 aromatic carbocycles. The smallest absolute Gasteiger partial charge is 0.305 e. The van der Waals surface area contributed by atoms with Crippen molar-refractivity contribution in [2.24, 2.45) is 23.7 Å². The van der Waals surface area contributed by atoms with Gasteiger partial charge in [0.05, 0.1) is 38.6 Å². The number of methoxy groups -OCH3 is 2. The third-order valence-electron chi connectivity index (χ3n) is 13.8. The van der Waals surface area contributed by atoms with Gasteiger partial charge in [-0.05, 0) is 74.5 Å². The van der Waals surface area contributed by atoms with Crippen LogP contribution >= 0.6 is 0 Å². The van der Waals surface area contributed by atoms with E-state index in [9.17, 15) is 34.5 Å². The number of rotatable bonds is 26. The Balaban J connectivity index is 0.00000114. The number of allylic oxidation sites excluding steroid dienone is 4. The summed E-state index contributed by atoms with van der Waals surface area (Å²) in [6.07, 6.45) is 27.3. The molecule has 382 valence electrons. The lowest BCUT2D eigenvalue weighted by molar-refractivity contribution is -0.141. The van der Waals surface area contributed by atoms with Crippen molar-refractivity contribution in [3.05, 3.63) is 48.6 Å². The van der Waals surface area contributed by atoms with Gasteiger partial charge in [-0.1, -0.05) is 156 Å². The van der Waals surface area contributed by atoms with Gasteiger partial charge in [0.25, 0.3) is 0 Å². The normalized spacial score (nSPS) is 22.6. The number of unbranched alkanes of at least 4 members (excludes halogenated alkanes) is 6. The molecule has 4 unspecified atom stereocenters. The number of ketones is 2. The van der Waals surface area contributed by atoms with Gasteiger partial charge in [-0.2, -0.15) is 0 Å². The zero-order valence-electron chi connectivity index (χ0n) is 44.2. The summed E-state index contributed by atoms with van der Waals surface area (Å²) in [7, 11) is 0.396. The van der Waals surface area contributed by atoms with Gasteiger partial charge in [0.1, 0.15) is 11.6 Å². The van der Waals surface area contributed by atoms with Gasteiger partial charge in [0.2, 0.25) is 0 Å². The molecule has 8 atom stereocenters. The summed E-state index contributed by atoms with van der Waals surface area (Å²) in [5, 5.41) is 31.3. The summed E-state index contributed by atoms with van der Waals surface area (Å²) in [5.41, 5.74) is 0. The zero-order valence-corrected chi connectivity index (χ0v) is 46.4. The van der Waals surface area contributed by atoms with E-state index in [1.54, 1.807) is 6.08 Å². The molecule has 0 heterocycles. The standard InChI is InChI=1S/C27H48O5Si.C21H34O5.C6H16Si/c1-8-9-12-15-21(28)18-19-23-22(16-13-10-11-14-17-26(30)31-5)24(29)20-25(23)32-33(6,7)27(2,3)4;1-3-4-7-10-16(22)13-14-18-17(19(23)15-20(18)24)11-8-5-6-9-12-21(25)26-2;1-6(2,3)7(4)5/h10,13,18-19,21-23,25,28H,8-9,11-12,14-17,20H2,1-7H3;5,8,13-14,16-18,20,22,24H,3-4,6-7,9-12,15H2,1-2H3;7H,1-5H3/b13-10-,19-18+;8-5-,14-13+;/t21?,22-,23-,25?;16?,17-,18-,20?;/m11./s1. The van der Waals surface area contributed by atoms with E-state index in [0.29, 0.717) is 43.6 Å². The zero-order chi connectivity index (χ0) is 50.5. The number of carbonyl (C=O) groups excluding carboxylic acids is 4. The van der Waals surface area contributed by atoms with Crippen LogP contribution < -0.4 is 0 Å². The molecule has 2 rings (SSSR count). The Morgan fingerprint density at radius 3 is 1.50 bits per heavy atom. The second-order valence-electron chi connectivity index (χ2n) is 21.5. The Morgan fingerprint density at radius 1 is 0.697 bits per heavy atom. The summed E-state index contributed by atoms with van der Waals surface area (Å²) in [6.45, 7) is 27.1. The van der Waals surface area contributed by atoms with Crippen LogP contribution in [-0.2, 0) is 33.1 Å². The van der Waals surface area contributed by atoms with E-state index in [2.05, 4.69) is 109 Å². The van der Waals surface area contributed by atoms with E-state index in [0.717, 1.165) is 70.6 Å². The van der Waals surface area contributed by atoms with Crippen LogP contribution in [0, 0.1) is 23.7 Å². The van der Waals surface area contributed by atoms with Crippen LogP contribution in [0.3, 0.4) is 0 Å². The minimum atomic E-state index is -2.03. The molecule has 2 aliphatic rings. The molecule has 0 radical (unpaired) electrons. The van der Waals surface area contributed by atoms with Crippen molar-refractivity contribution in [1.29, 1.82) is 0 Å². The van der Waals surface area contributed by atoms with Crippen LogP contribution in [-0.4, -0.2) is 94.6 Å². The third-order valence-corrected chi connectivity index (χ3v) is 21.8. The number of ether oxygens (including phenoxy) is 2. The molecule has 0 saturated heterocycles. The predicted octanol–water partition coefficient (Wildman–Crippen LogP) is 12.0. The number of carbonyl (C=O) groups is 4. The van der Waals surface area contributed by atoms with Gasteiger partial charge in [-0.25, -0.2) is 0 Å². The predicted molar refractivity (Wildman–Crippen MR) is 278 cm³/mol. The Bertz CT molecular complexity index is 1490. The lowest BCUT2D eigenvalue weighted by atomic mass is 9.90. The number of Topliss-reactive ketones (excluding diaryl/α,β-unsaturated/α-hetero) is 2. The lowest BCUT2D eigenvalue weighted by Gasteiger charge is -2.39. The fraction of sp³-hybridized carbons (Fsp3) is 0.778. The van der Waals surface area contributed by atoms with Crippen LogP contribution in [0.25, 0.3) is 0 Å². The van der Waals surface area contributed by atoms with Crippen molar-refractivity contribution in [2.45, 2.75) is 232 Å². The monoisotopic (exact) mass is 963 g/mol. The van der Waals surface area contributed by atoms with Crippen LogP contribution in [0.15, 0.2) is 48.6 Å². The highest BCUT2D eigenvalue weighted by Gasteiger charge is 2.47. The molecule has 0 bridgehead atoms. The quantitative estimate of drug-likeness (QED) is 0.0330. The molecule has 2 fully saturated rings. The molecule has 10 nitrogen and oxygen atoms in total. The highest BCUT2D eigenvalue weighted by Crippen LogP contribution is 2.43. The largest absolute Gasteiger partial charge is 0.469 e. The fourth-order valence-corrected chi connectivity index (χ4v) is 8.63. The summed E-state index contributed by atoms with van der Waals surface area (Å²) in [5.74, 6) is -0.704. The number of esters is 2. The molecular weight excluding hydrogens is 865 g/mol. The second kappa shape index (κ2) is 33.9. The maximum absolute atomic E-state index is 13.0. The SMILES string of the molecule is CCCCCC(O)/C=C/[C@H]1C(O)CC(=O)[C@@H]1C/C=C\CCCC(=O)OC.CCCCCC(O)/C=C/[C@H]1C(O[Si](C)(C)C(C)(C)C)CC(=O)[C@@H]1C/C=C\CCCC(=O)OC.C[SiH](C)C(C)(C)C. The van der Waals surface area contributed by atoms with Crippen molar-refractivity contribution in [2.75, 3.05) is 14.2 Å². The minimum Gasteiger partial charge on any atom is -0.469 e. The summed E-state index contributed by atoms with van der Waals surface area (Å²) in [6, 6.07) is 0. The number of hydrogen-bond acceptors (Lipinski definition) is 10. The van der Waals surface area contributed by atoms with Crippen LogP contribution in [0.2, 0.25) is 36.3 Å². The lowest BCUT2D eigenvalue weighted by Crippen LogP contribution is -2.45. The average molecular weight is 964 g/mol. The molecule has 2 aliphatic carbocycles. The molecule has 0 aromatic rings. The Labute approximate surface area is 405 Å². The highest BCUT2D eigenvalue weighted by molar-refractivity contribution is 6.74. The molecular formula is C54H98O10Si2. The number of hydrogen-bond donors (Lipinski definition) is 3. The van der Waals surface area contributed by atoms with Crippen molar-refractivity contribution >= 4 is 40.6 Å². The Morgan fingerprint density at radius 2 is 1.11 bits per heavy atom. The third kappa shape index (κ3) is 26.9. The van der Waals surface area contributed by atoms with Gasteiger partial charge in [-0.15, -0.1) is 0 Å². The van der Waals surface area contributed by atoms with Crippen LogP contribution in [0.1, 0.15) is 171 Å². The van der Waals surface area contributed by atoms with E-state index in [1.807, 2.05) is 24.3 Å². The first-order valence-electron chi connectivity index (χ1n) is 25.4. The van der Waals surface area contributed by atoms with Crippen LogP contribution in [0.5, 0.6) is 0 Å². The van der Waals surface area contributed by atoms with Gasteiger partial charge < -0.3 is 29.2 Å². The maximum atomic E-state index is 13.0. The van der Waals surface area contributed by atoms with E-state index < -0.39 is 26.6 Å². The van der Waals surface area contributed by atoms with Gasteiger partial charge >= 0.3 is 11.9 Å². The van der Waals surface area contributed by atoms with Crippen LogP contribution in [0.4, 0.5) is 0 Å². The van der Waals surface area contributed by atoms with E-state index in [-0.39, 0.29) is 73.5 Å². The molecule has 0 amide bonds.